The molecule has 3 aromatic rings. The van der Waals surface area contributed by atoms with Gasteiger partial charge in [-0.1, -0.05) is 35.0 Å². The summed E-state index contributed by atoms with van der Waals surface area (Å²) in [6.07, 6.45) is 0. The molecule has 0 aliphatic rings. The van der Waals surface area contributed by atoms with E-state index in [2.05, 4.69) is 10.5 Å². The molecular formula is C20H21N3O2. The van der Waals surface area contributed by atoms with Crippen molar-refractivity contribution in [2.24, 2.45) is 0 Å². The summed E-state index contributed by atoms with van der Waals surface area (Å²) in [6, 6.07) is 17.3. The molecule has 0 bridgehead atoms. The van der Waals surface area contributed by atoms with E-state index in [0.29, 0.717) is 23.6 Å². The highest BCUT2D eigenvalue weighted by Gasteiger charge is 2.10. The zero-order valence-electron chi connectivity index (χ0n) is 14.6. The average Bonchev–Trinajstić information content (AvgIpc) is 3.09. The van der Waals surface area contributed by atoms with Gasteiger partial charge in [0.25, 0.3) is 5.91 Å². The van der Waals surface area contributed by atoms with Crippen molar-refractivity contribution in [3.63, 3.8) is 0 Å². The van der Waals surface area contributed by atoms with E-state index in [0.717, 1.165) is 11.3 Å². The second-order valence-electron chi connectivity index (χ2n) is 6.17. The van der Waals surface area contributed by atoms with Crippen LogP contribution < -0.4 is 10.2 Å². The average molecular weight is 335 g/mol. The van der Waals surface area contributed by atoms with Crippen LogP contribution in [-0.4, -0.2) is 25.2 Å². The second kappa shape index (κ2) is 7.21. The lowest BCUT2D eigenvalue weighted by Gasteiger charge is -2.12. The molecular weight excluding hydrogens is 314 g/mol. The lowest BCUT2D eigenvalue weighted by atomic mass is 10.1. The third-order valence-electron chi connectivity index (χ3n) is 3.97. The summed E-state index contributed by atoms with van der Waals surface area (Å²) in [5.41, 5.74) is 4.52. The molecule has 1 aromatic heterocycles. The van der Waals surface area contributed by atoms with Crippen molar-refractivity contribution >= 4 is 11.6 Å². The Morgan fingerprint density at radius 3 is 2.40 bits per heavy atom. The number of carbonyl (C=O) groups is 1. The lowest BCUT2D eigenvalue weighted by molar-refractivity contribution is 0.0950. The Kier molecular flexibility index (Phi) is 4.84. The summed E-state index contributed by atoms with van der Waals surface area (Å²) in [6.45, 7) is 2.36. The molecule has 0 spiro atoms. The Morgan fingerprint density at radius 2 is 1.76 bits per heavy atom. The fourth-order valence-electron chi connectivity index (χ4n) is 2.43. The Morgan fingerprint density at radius 1 is 1.08 bits per heavy atom. The number of carbonyl (C=O) groups excluding carboxylic acids is 1. The van der Waals surface area contributed by atoms with Crippen LogP contribution in [0.4, 0.5) is 5.69 Å². The smallest absolute Gasteiger partial charge is 0.251 e. The van der Waals surface area contributed by atoms with Crippen molar-refractivity contribution in [1.82, 2.24) is 10.5 Å². The van der Waals surface area contributed by atoms with E-state index in [4.69, 9.17) is 4.52 Å². The third-order valence-corrected chi connectivity index (χ3v) is 3.97. The van der Waals surface area contributed by atoms with Gasteiger partial charge in [-0.25, -0.2) is 0 Å². The van der Waals surface area contributed by atoms with Crippen LogP contribution in [0.2, 0.25) is 0 Å². The third kappa shape index (κ3) is 4.07. The molecule has 25 heavy (non-hydrogen) atoms. The van der Waals surface area contributed by atoms with Gasteiger partial charge in [-0.2, -0.15) is 0 Å². The van der Waals surface area contributed by atoms with Crippen LogP contribution in [0.1, 0.15) is 21.6 Å². The van der Waals surface area contributed by atoms with Crippen molar-refractivity contribution in [1.29, 1.82) is 0 Å². The van der Waals surface area contributed by atoms with Crippen LogP contribution in [0.3, 0.4) is 0 Å². The molecule has 0 aliphatic carbocycles. The number of anilines is 1. The van der Waals surface area contributed by atoms with Crippen LogP contribution in [0.25, 0.3) is 11.3 Å². The standard InChI is InChI=1S/C20H21N3O2/c1-14-4-6-15(7-5-14)19-12-17(22-25-19)13-21-20(24)16-8-10-18(11-9-16)23(2)3/h4-12H,13H2,1-3H3,(H,21,24). The van der Waals surface area contributed by atoms with Crippen molar-refractivity contribution in [2.75, 3.05) is 19.0 Å². The minimum atomic E-state index is -0.134. The van der Waals surface area contributed by atoms with Crippen molar-refractivity contribution in [3.8, 4) is 11.3 Å². The number of aromatic nitrogens is 1. The highest BCUT2D eigenvalue weighted by Crippen LogP contribution is 2.20. The van der Waals surface area contributed by atoms with Gasteiger partial charge in [0.2, 0.25) is 0 Å². The molecule has 0 radical (unpaired) electrons. The summed E-state index contributed by atoms with van der Waals surface area (Å²) in [4.78, 5) is 14.2. The molecule has 5 nitrogen and oxygen atoms in total. The summed E-state index contributed by atoms with van der Waals surface area (Å²) < 4.78 is 5.36. The van der Waals surface area contributed by atoms with Gasteiger partial charge in [0.15, 0.2) is 5.76 Å². The van der Waals surface area contributed by atoms with E-state index in [1.165, 1.54) is 5.56 Å². The predicted molar refractivity (Wildman–Crippen MR) is 98.6 cm³/mol. The molecule has 5 heteroatoms. The van der Waals surface area contributed by atoms with Gasteiger partial charge in [0.1, 0.15) is 5.69 Å². The predicted octanol–water partition coefficient (Wildman–Crippen LogP) is 3.65. The van der Waals surface area contributed by atoms with E-state index in [-0.39, 0.29) is 5.91 Å². The first-order valence-electron chi connectivity index (χ1n) is 8.11. The van der Waals surface area contributed by atoms with Gasteiger partial charge in [-0.15, -0.1) is 0 Å². The maximum absolute atomic E-state index is 12.2. The zero-order chi connectivity index (χ0) is 17.8. The van der Waals surface area contributed by atoms with E-state index in [1.54, 1.807) is 0 Å². The highest BCUT2D eigenvalue weighted by atomic mass is 16.5. The molecule has 0 unspecified atom stereocenters. The molecule has 1 amide bonds. The minimum Gasteiger partial charge on any atom is -0.378 e. The fraction of sp³-hybridized carbons (Fsp3) is 0.200. The van der Waals surface area contributed by atoms with Gasteiger partial charge in [-0.05, 0) is 31.2 Å². The number of nitrogens with one attached hydrogen (secondary N) is 1. The first-order chi connectivity index (χ1) is 12.0. The molecule has 0 saturated heterocycles. The number of nitrogens with zero attached hydrogens (tertiary/aromatic N) is 2. The maximum Gasteiger partial charge on any atom is 0.251 e. The van der Waals surface area contributed by atoms with Crippen molar-refractivity contribution < 1.29 is 9.32 Å². The van der Waals surface area contributed by atoms with E-state index < -0.39 is 0 Å². The van der Waals surface area contributed by atoms with Gasteiger partial charge in [-0.3, -0.25) is 4.79 Å². The van der Waals surface area contributed by atoms with Gasteiger partial charge < -0.3 is 14.7 Å². The first kappa shape index (κ1) is 16.8. The summed E-state index contributed by atoms with van der Waals surface area (Å²) in [5.74, 6) is 0.560. The zero-order valence-corrected chi connectivity index (χ0v) is 14.6. The Labute approximate surface area is 147 Å². The topological polar surface area (TPSA) is 58.4 Å². The molecule has 0 atom stereocenters. The molecule has 2 aromatic carbocycles. The quantitative estimate of drug-likeness (QED) is 0.773. The van der Waals surface area contributed by atoms with E-state index in [9.17, 15) is 4.79 Å². The molecule has 0 saturated carbocycles. The lowest BCUT2D eigenvalue weighted by Crippen LogP contribution is -2.23. The van der Waals surface area contributed by atoms with Crippen LogP contribution in [0.5, 0.6) is 0 Å². The van der Waals surface area contributed by atoms with Crippen LogP contribution in [-0.2, 0) is 6.54 Å². The molecule has 0 fully saturated rings. The van der Waals surface area contributed by atoms with Crippen molar-refractivity contribution in [2.45, 2.75) is 13.5 Å². The highest BCUT2D eigenvalue weighted by molar-refractivity contribution is 5.94. The van der Waals surface area contributed by atoms with E-state index >= 15 is 0 Å². The molecule has 128 valence electrons. The maximum atomic E-state index is 12.2. The molecule has 1 heterocycles. The Bertz CT molecular complexity index is 849. The SMILES string of the molecule is Cc1ccc(-c2cc(CNC(=O)c3ccc(N(C)C)cc3)no2)cc1. The number of hydrogen-bond acceptors (Lipinski definition) is 4. The summed E-state index contributed by atoms with van der Waals surface area (Å²) >= 11 is 0. The monoisotopic (exact) mass is 335 g/mol. The van der Waals surface area contributed by atoms with Gasteiger partial charge in [0, 0.05) is 37.0 Å². The number of rotatable bonds is 5. The number of amides is 1. The van der Waals surface area contributed by atoms with Crippen LogP contribution in [0.15, 0.2) is 59.1 Å². The van der Waals surface area contributed by atoms with Gasteiger partial charge in [0.05, 0.1) is 6.54 Å². The number of aryl methyl sites for hydroxylation is 1. The largest absolute Gasteiger partial charge is 0.378 e. The normalized spacial score (nSPS) is 10.5. The number of benzene rings is 2. The van der Waals surface area contributed by atoms with Crippen molar-refractivity contribution in [3.05, 3.63) is 71.4 Å². The minimum absolute atomic E-state index is 0.134. The fourth-order valence-corrected chi connectivity index (χ4v) is 2.43. The van der Waals surface area contributed by atoms with Crippen LogP contribution in [0, 0.1) is 6.92 Å². The van der Waals surface area contributed by atoms with E-state index in [1.807, 2.05) is 80.5 Å². The second-order valence-corrected chi connectivity index (χ2v) is 6.17. The van der Waals surface area contributed by atoms with Crippen LogP contribution >= 0.6 is 0 Å². The molecule has 0 aliphatic heterocycles. The summed E-state index contributed by atoms with van der Waals surface area (Å²) in [5, 5.41) is 6.88. The number of hydrogen-bond donors (Lipinski definition) is 1. The summed E-state index contributed by atoms with van der Waals surface area (Å²) in [7, 11) is 3.93. The first-order valence-corrected chi connectivity index (χ1v) is 8.11. The van der Waals surface area contributed by atoms with Gasteiger partial charge >= 0.3 is 0 Å². The Balaban J connectivity index is 1.61. The molecule has 1 N–H and O–H groups in total. The molecule has 3 rings (SSSR count). The Hall–Kier alpha value is -3.08.